The van der Waals surface area contributed by atoms with Crippen LogP contribution in [-0.2, 0) is 0 Å². The maximum Gasteiger partial charge on any atom is 0.138 e. The minimum atomic E-state index is 0.511. The summed E-state index contributed by atoms with van der Waals surface area (Å²) < 4.78 is 5.51. The lowest BCUT2D eigenvalue weighted by Gasteiger charge is -2.24. The van der Waals surface area contributed by atoms with Crippen molar-refractivity contribution in [2.75, 3.05) is 25.4 Å². The molecule has 0 aromatic heterocycles. The molecule has 0 aliphatic carbocycles. The monoisotopic (exact) mass is 271 g/mol. The molecule has 0 saturated carbocycles. The Hall–Kier alpha value is -0.380. The lowest BCUT2D eigenvalue weighted by molar-refractivity contribution is 0.340. The zero-order chi connectivity index (χ0) is 12.3. The van der Waals surface area contributed by atoms with Crippen molar-refractivity contribution in [3.05, 3.63) is 28.3 Å². The summed E-state index contributed by atoms with van der Waals surface area (Å²) in [7, 11) is 0. The average Bonchev–Trinajstić information content (AvgIpc) is 2.35. The largest absolute Gasteiger partial charge is 0.492 e. The molecule has 1 aromatic rings. The van der Waals surface area contributed by atoms with E-state index >= 15 is 0 Å². The SMILES string of the molecule is CCOc1cc(C)c(C2CNCCS2)cc1Cl. The van der Waals surface area contributed by atoms with Crippen LogP contribution in [-0.4, -0.2) is 25.4 Å². The summed E-state index contributed by atoms with van der Waals surface area (Å²) in [6.45, 7) is 6.88. The second-order valence-corrected chi connectivity index (χ2v) is 5.85. The minimum Gasteiger partial charge on any atom is -0.492 e. The van der Waals surface area contributed by atoms with Gasteiger partial charge in [0.2, 0.25) is 0 Å². The van der Waals surface area contributed by atoms with Crippen LogP contribution in [0.3, 0.4) is 0 Å². The summed E-state index contributed by atoms with van der Waals surface area (Å²) in [6.07, 6.45) is 0. The third-order valence-electron chi connectivity index (χ3n) is 2.89. The fourth-order valence-corrected chi connectivity index (χ4v) is 3.49. The van der Waals surface area contributed by atoms with E-state index in [0.717, 1.165) is 29.6 Å². The molecular weight excluding hydrogens is 254 g/mol. The fraction of sp³-hybridized carbons (Fsp3) is 0.538. The van der Waals surface area contributed by atoms with Crippen molar-refractivity contribution in [3.63, 3.8) is 0 Å². The predicted molar refractivity (Wildman–Crippen MR) is 75.4 cm³/mol. The molecule has 17 heavy (non-hydrogen) atoms. The molecule has 4 heteroatoms. The molecule has 2 nitrogen and oxygen atoms in total. The first-order chi connectivity index (χ1) is 8.22. The van der Waals surface area contributed by atoms with E-state index in [1.54, 1.807) is 0 Å². The van der Waals surface area contributed by atoms with Gasteiger partial charge in [-0.3, -0.25) is 0 Å². The highest BCUT2D eigenvalue weighted by molar-refractivity contribution is 7.99. The molecule has 1 unspecified atom stereocenters. The molecule has 0 amide bonds. The zero-order valence-corrected chi connectivity index (χ0v) is 11.8. The molecular formula is C13H18ClNOS. The lowest BCUT2D eigenvalue weighted by atomic mass is 10.0. The van der Waals surface area contributed by atoms with E-state index in [0.29, 0.717) is 11.9 Å². The molecule has 1 aliphatic rings. The van der Waals surface area contributed by atoms with Gasteiger partial charge < -0.3 is 10.1 Å². The Bertz CT molecular complexity index is 391. The second kappa shape index (κ2) is 5.98. The molecule has 94 valence electrons. The van der Waals surface area contributed by atoms with Gasteiger partial charge in [0.1, 0.15) is 5.75 Å². The number of thioether (sulfide) groups is 1. The highest BCUT2D eigenvalue weighted by atomic mass is 35.5. The third-order valence-corrected chi connectivity index (χ3v) is 4.45. The van der Waals surface area contributed by atoms with Crippen molar-refractivity contribution in [2.45, 2.75) is 19.1 Å². The molecule has 1 fully saturated rings. The Morgan fingerprint density at radius 2 is 2.35 bits per heavy atom. The molecule has 1 atom stereocenters. The van der Waals surface area contributed by atoms with E-state index in [9.17, 15) is 0 Å². The van der Waals surface area contributed by atoms with Gasteiger partial charge in [-0.1, -0.05) is 11.6 Å². The molecule has 0 radical (unpaired) electrons. The van der Waals surface area contributed by atoms with E-state index < -0.39 is 0 Å². The summed E-state index contributed by atoms with van der Waals surface area (Å²) in [6, 6.07) is 4.11. The van der Waals surface area contributed by atoms with Crippen molar-refractivity contribution in [3.8, 4) is 5.75 Å². The van der Waals surface area contributed by atoms with Crippen molar-refractivity contribution < 1.29 is 4.74 Å². The van der Waals surface area contributed by atoms with Crippen molar-refractivity contribution in [1.82, 2.24) is 5.32 Å². The Morgan fingerprint density at radius 3 is 3.00 bits per heavy atom. The molecule has 0 spiro atoms. The first-order valence-electron chi connectivity index (χ1n) is 5.97. The maximum absolute atomic E-state index is 6.24. The predicted octanol–water partition coefficient (Wildman–Crippen LogP) is 3.42. The van der Waals surface area contributed by atoms with Crippen LogP contribution in [0.2, 0.25) is 5.02 Å². The van der Waals surface area contributed by atoms with Crippen LogP contribution in [0.5, 0.6) is 5.75 Å². The standard InChI is InChI=1S/C13H18ClNOS/c1-3-16-12-6-9(2)10(7-11(12)14)13-8-15-4-5-17-13/h6-7,13,15H,3-5,8H2,1-2H3. The maximum atomic E-state index is 6.24. The Labute approximate surface area is 112 Å². The first kappa shape index (κ1) is 13.1. The molecule has 1 aliphatic heterocycles. The van der Waals surface area contributed by atoms with Crippen LogP contribution in [0.1, 0.15) is 23.3 Å². The Balaban J connectivity index is 2.25. The van der Waals surface area contributed by atoms with Crippen molar-refractivity contribution in [2.24, 2.45) is 0 Å². The van der Waals surface area contributed by atoms with Gasteiger partial charge in [-0.15, -0.1) is 0 Å². The lowest BCUT2D eigenvalue weighted by Crippen LogP contribution is -2.28. The highest BCUT2D eigenvalue weighted by Crippen LogP contribution is 2.37. The third kappa shape index (κ3) is 3.09. The summed E-state index contributed by atoms with van der Waals surface area (Å²) in [5.74, 6) is 1.96. The van der Waals surface area contributed by atoms with Gasteiger partial charge in [0.25, 0.3) is 0 Å². The molecule has 0 bridgehead atoms. The quantitative estimate of drug-likeness (QED) is 0.910. The van der Waals surface area contributed by atoms with Gasteiger partial charge in [0.05, 0.1) is 11.6 Å². The molecule has 1 heterocycles. The van der Waals surface area contributed by atoms with Gasteiger partial charge in [-0.25, -0.2) is 0 Å². The van der Waals surface area contributed by atoms with Crippen LogP contribution < -0.4 is 10.1 Å². The minimum absolute atomic E-state index is 0.511. The normalized spacial score (nSPS) is 20.3. The Kier molecular flexibility index (Phi) is 4.60. The number of aryl methyl sites for hydroxylation is 1. The van der Waals surface area contributed by atoms with Crippen molar-refractivity contribution in [1.29, 1.82) is 0 Å². The van der Waals surface area contributed by atoms with Gasteiger partial charge in [0.15, 0.2) is 0 Å². The van der Waals surface area contributed by atoms with Crippen LogP contribution in [0.4, 0.5) is 0 Å². The van der Waals surface area contributed by atoms with E-state index in [1.165, 1.54) is 11.1 Å². The van der Waals surface area contributed by atoms with Crippen LogP contribution in [0, 0.1) is 6.92 Å². The molecule has 1 saturated heterocycles. The summed E-state index contributed by atoms with van der Waals surface area (Å²) in [5.41, 5.74) is 2.59. The molecule has 1 N–H and O–H groups in total. The number of rotatable bonds is 3. The molecule has 2 rings (SSSR count). The fourth-order valence-electron chi connectivity index (χ4n) is 2.05. The zero-order valence-electron chi connectivity index (χ0n) is 10.3. The summed E-state index contributed by atoms with van der Waals surface area (Å²) >= 11 is 8.24. The second-order valence-electron chi connectivity index (χ2n) is 4.14. The van der Waals surface area contributed by atoms with Gasteiger partial charge in [-0.2, -0.15) is 11.8 Å². The number of halogens is 1. The van der Waals surface area contributed by atoms with Crippen LogP contribution >= 0.6 is 23.4 Å². The van der Waals surface area contributed by atoms with E-state index in [4.69, 9.17) is 16.3 Å². The van der Waals surface area contributed by atoms with Crippen LogP contribution in [0.25, 0.3) is 0 Å². The molecule has 1 aromatic carbocycles. The number of ether oxygens (including phenoxy) is 1. The number of hydrogen-bond donors (Lipinski definition) is 1. The van der Waals surface area contributed by atoms with Gasteiger partial charge >= 0.3 is 0 Å². The number of nitrogens with one attached hydrogen (secondary N) is 1. The number of hydrogen-bond acceptors (Lipinski definition) is 3. The first-order valence-corrected chi connectivity index (χ1v) is 7.40. The van der Waals surface area contributed by atoms with Crippen molar-refractivity contribution >= 4 is 23.4 Å². The Morgan fingerprint density at radius 1 is 1.53 bits per heavy atom. The average molecular weight is 272 g/mol. The van der Waals surface area contributed by atoms with Gasteiger partial charge in [-0.05, 0) is 37.1 Å². The smallest absolute Gasteiger partial charge is 0.138 e. The number of benzene rings is 1. The van der Waals surface area contributed by atoms with Gasteiger partial charge in [0, 0.05) is 24.1 Å². The van der Waals surface area contributed by atoms with E-state index in [1.807, 2.05) is 18.7 Å². The van der Waals surface area contributed by atoms with Crippen LogP contribution in [0.15, 0.2) is 12.1 Å². The van der Waals surface area contributed by atoms with E-state index in [2.05, 4.69) is 24.4 Å². The summed E-state index contributed by atoms with van der Waals surface area (Å²) in [5, 5.41) is 4.66. The summed E-state index contributed by atoms with van der Waals surface area (Å²) in [4.78, 5) is 0. The highest BCUT2D eigenvalue weighted by Gasteiger charge is 2.19. The topological polar surface area (TPSA) is 21.3 Å². The van der Waals surface area contributed by atoms with E-state index in [-0.39, 0.29) is 0 Å².